The van der Waals surface area contributed by atoms with Crippen molar-refractivity contribution in [3.05, 3.63) is 65.2 Å². The van der Waals surface area contributed by atoms with Crippen LogP contribution >= 0.6 is 0 Å². The van der Waals surface area contributed by atoms with Crippen LogP contribution in [-0.4, -0.2) is 11.1 Å². The molecule has 0 aromatic heterocycles. The number of carbonyl (C=O) groups is 1. The van der Waals surface area contributed by atoms with Crippen LogP contribution in [0.3, 0.4) is 0 Å². The third kappa shape index (κ3) is 4.10. The molecule has 2 aromatic rings. The predicted octanol–water partition coefficient (Wildman–Crippen LogP) is 2.81. The minimum atomic E-state index is -0.236. The Morgan fingerprint density at radius 3 is 2.20 bits per heavy atom. The molecule has 0 aliphatic heterocycles. The number of amides is 2. The maximum atomic E-state index is 11.7. The van der Waals surface area contributed by atoms with Crippen LogP contribution in [0.4, 0.5) is 10.5 Å². The number of carbonyl (C=O) groups excluding carboxylic acids is 1. The van der Waals surface area contributed by atoms with Gasteiger partial charge in [0.05, 0.1) is 6.61 Å². The van der Waals surface area contributed by atoms with Crippen molar-refractivity contribution in [3.8, 4) is 0 Å². The van der Waals surface area contributed by atoms with E-state index < -0.39 is 0 Å². The van der Waals surface area contributed by atoms with E-state index in [2.05, 4.69) is 10.6 Å². The average Bonchev–Trinajstić information content (AvgIpc) is 2.48. The first-order chi connectivity index (χ1) is 9.67. The van der Waals surface area contributed by atoms with Crippen LogP contribution in [0.1, 0.15) is 16.7 Å². The van der Waals surface area contributed by atoms with E-state index in [9.17, 15) is 4.79 Å². The van der Waals surface area contributed by atoms with Crippen LogP contribution in [0.25, 0.3) is 0 Å². The summed E-state index contributed by atoms with van der Waals surface area (Å²) in [5.74, 6) is 0. The van der Waals surface area contributed by atoms with Crippen molar-refractivity contribution in [1.29, 1.82) is 0 Å². The number of hydrogen-bond donors (Lipinski definition) is 3. The Balaban J connectivity index is 1.83. The van der Waals surface area contributed by atoms with Gasteiger partial charge in [-0.3, -0.25) is 0 Å². The van der Waals surface area contributed by atoms with E-state index in [0.29, 0.717) is 6.54 Å². The third-order valence-electron chi connectivity index (χ3n) is 2.97. The normalized spacial score (nSPS) is 10.1. The largest absolute Gasteiger partial charge is 0.392 e. The van der Waals surface area contributed by atoms with Crippen molar-refractivity contribution in [2.45, 2.75) is 20.1 Å². The average molecular weight is 270 g/mol. The summed E-state index contributed by atoms with van der Waals surface area (Å²) in [5.41, 5.74) is 3.77. The molecule has 0 bridgehead atoms. The van der Waals surface area contributed by atoms with Gasteiger partial charge in [0, 0.05) is 12.2 Å². The smallest absolute Gasteiger partial charge is 0.319 e. The van der Waals surface area contributed by atoms with E-state index in [-0.39, 0.29) is 12.6 Å². The Hall–Kier alpha value is -2.33. The summed E-state index contributed by atoms with van der Waals surface area (Å²) in [6.07, 6.45) is 0. The van der Waals surface area contributed by atoms with Crippen molar-refractivity contribution >= 4 is 11.7 Å². The first kappa shape index (κ1) is 14.1. The van der Waals surface area contributed by atoms with Crippen LogP contribution in [-0.2, 0) is 13.2 Å². The lowest BCUT2D eigenvalue weighted by molar-refractivity contribution is 0.251. The zero-order valence-electron chi connectivity index (χ0n) is 11.4. The van der Waals surface area contributed by atoms with E-state index in [4.69, 9.17) is 5.11 Å². The van der Waals surface area contributed by atoms with Gasteiger partial charge in [-0.2, -0.15) is 0 Å². The maximum Gasteiger partial charge on any atom is 0.319 e. The molecule has 2 rings (SSSR count). The summed E-state index contributed by atoms with van der Waals surface area (Å²) >= 11 is 0. The molecular weight excluding hydrogens is 252 g/mol. The second kappa shape index (κ2) is 6.73. The SMILES string of the molecule is Cc1ccc(NC(=O)NCc2ccc(CO)cc2)cc1. The molecule has 0 aliphatic rings. The van der Waals surface area contributed by atoms with Gasteiger partial charge >= 0.3 is 6.03 Å². The molecule has 2 amide bonds. The van der Waals surface area contributed by atoms with Gasteiger partial charge in [0.15, 0.2) is 0 Å². The second-order valence-corrected chi connectivity index (χ2v) is 4.65. The number of anilines is 1. The molecule has 0 fully saturated rings. The molecule has 0 saturated heterocycles. The minimum absolute atomic E-state index is 0.0294. The van der Waals surface area contributed by atoms with E-state index in [1.54, 1.807) is 0 Å². The van der Waals surface area contributed by atoms with Gasteiger partial charge in [0.25, 0.3) is 0 Å². The number of aliphatic hydroxyl groups is 1. The van der Waals surface area contributed by atoms with Crippen LogP contribution in [0.15, 0.2) is 48.5 Å². The summed E-state index contributed by atoms with van der Waals surface area (Å²) in [5, 5.41) is 14.5. The first-order valence-corrected chi connectivity index (χ1v) is 6.47. The van der Waals surface area contributed by atoms with Gasteiger partial charge in [-0.15, -0.1) is 0 Å². The molecule has 0 aliphatic carbocycles. The van der Waals surface area contributed by atoms with Gasteiger partial charge in [-0.05, 0) is 30.2 Å². The molecule has 0 atom stereocenters. The van der Waals surface area contributed by atoms with E-state index in [0.717, 1.165) is 22.4 Å². The maximum absolute atomic E-state index is 11.7. The van der Waals surface area contributed by atoms with Crippen molar-refractivity contribution < 1.29 is 9.90 Å². The lowest BCUT2D eigenvalue weighted by Crippen LogP contribution is -2.28. The topological polar surface area (TPSA) is 61.4 Å². The highest BCUT2D eigenvalue weighted by Crippen LogP contribution is 2.08. The Bertz CT molecular complexity index is 562. The standard InChI is InChI=1S/C16H18N2O2/c1-12-2-8-15(9-3-12)18-16(20)17-10-13-4-6-14(11-19)7-5-13/h2-9,19H,10-11H2,1H3,(H2,17,18,20). The molecule has 4 heteroatoms. The second-order valence-electron chi connectivity index (χ2n) is 4.65. The monoisotopic (exact) mass is 270 g/mol. The number of aryl methyl sites for hydroxylation is 1. The zero-order chi connectivity index (χ0) is 14.4. The van der Waals surface area contributed by atoms with Gasteiger partial charge in [0.1, 0.15) is 0 Å². The molecule has 104 valence electrons. The highest BCUT2D eigenvalue weighted by Gasteiger charge is 2.01. The van der Waals surface area contributed by atoms with Crippen molar-refractivity contribution in [1.82, 2.24) is 5.32 Å². The van der Waals surface area contributed by atoms with Crippen LogP contribution in [0.5, 0.6) is 0 Å². The number of benzene rings is 2. The fraction of sp³-hybridized carbons (Fsp3) is 0.188. The van der Waals surface area contributed by atoms with Crippen molar-refractivity contribution in [2.75, 3.05) is 5.32 Å². The van der Waals surface area contributed by atoms with E-state index >= 15 is 0 Å². The Morgan fingerprint density at radius 1 is 1.00 bits per heavy atom. The van der Waals surface area contributed by atoms with Crippen LogP contribution in [0, 0.1) is 6.92 Å². The predicted molar refractivity (Wildman–Crippen MR) is 79.4 cm³/mol. The van der Waals surface area contributed by atoms with Crippen LogP contribution in [0.2, 0.25) is 0 Å². The fourth-order valence-corrected chi connectivity index (χ4v) is 1.76. The summed E-state index contributed by atoms with van der Waals surface area (Å²) in [7, 11) is 0. The molecule has 3 N–H and O–H groups in total. The Kier molecular flexibility index (Phi) is 4.74. The lowest BCUT2D eigenvalue weighted by Gasteiger charge is -2.08. The molecule has 0 heterocycles. The summed E-state index contributed by atoms with van der Waals surface area (Å²) in [6.45, 7) is 2.48. The molecule has 0 spiro atoms. The molecule has 2 aromatic carbocycles. The number of hydrogen-bond acceptors (Lipinski definition) is 2. The summed E-state index contributed by atoms with van der Waals surface area (Å²) < 4.78 is 0. The first-order valence-electron chi connectivity index (χ1n) is 6.47. The van der Waals surface area contributed by atoms with E-state index in [1.165, 1.54) is 0 Å². The van der Waals surface area contributed by atoms with Crippen molar-refractivity contribution in [3.63, 3.8) is 0 Å². The molecular formula is C16H18N2O2. The number of rotatable bonds is 4. The summed E-state index contributed by atoms with van der Waals surface area (Å²) in [6, 6.07) is 14.8. The molecule has 0 saturated carbocycles. The molecule has 0 radical (unpaired) electrons. The van der Waals surface area contributed by atoms with E-state index in [1.807, 2.05) is 55.5 Å². The molecule has 20 heavy (non-hydrogen) atoms. The fourth-order valence-electron chi connectivity index (χ4n) is 1.76. The van der Waals surface area contributed by atoms with Gasteiger partial charge in [0.2, 0.25) is 0 Å². The molecule has 0 unspecified atom stereocenters. The van der Waals surface area contributed by atoms with Gasteiger partial charge in [-0.1, -0.05) is 42.0 Å². The Labute approximate surface area is 118 Å². The lowest BCUT2D eigenvalue weighted by atomic mass is 10.1. The number of urea groups is 1. The zero-order valence-corrected chi connectivity index (χ0v) is 11.4. The Morgan fingerprint density at radius 2 is 1.60 bits per heavy atom. The summed E-state index contributed by atoms with van der Waals surface area (Å²) in [4.78, 5) is 11.7. The van der Waals surface area contributed by atoms with Crippen LogP contribution < -0.4 is 10.6 Å². The van der Waals surface area contributed by atoms with Gasteiger partial charge < -0.3 is 15.7 Å². The van der Waals surface area contributed by atoms with Gasteiger partial charge in [-0.25, -0.2) is 4.79 Å². The van der Waals surface area contributed by atoms with Crippen molar-refractivity contribution in [2.24, 2.45) is 0 Å². The third-order valence-corrected chi connectivity index (χ3v) is 2.97. The number of nitrogens with one attached hydrogen (secondary N) is 2. The highest BCUT2D eigenvalue weighted by molar-refractivity contribution is 5.89. The number of aliphatic hydroxyl groups excluding tert-OH is 1. The molecule has 4 nitrogen and oxygen atoms in total. The minimum Gasteiger partial charge on any atom is -0.392 e. The highest BCUT2D eigenvalue weighted by atomic mass is 16.3. The quantitative estimate of drug-likeness (QED) is 0.800.